The molecular formula is C13H19NO2. The maximum Gasteiger partial charge on any atom is 0.122 e. The smallest absolute Gasteiger partial charge is 0.122 e. The molecule has 1 aliphatic heterocycles. The number of nitrogens with two attached hydrogens (primary N) is 1. The highest BCUT2D eigenvalue weighted by Crippen LogP contribution is 2.35. The van der Waals surface area contributed by atoms with Crippen LogP contribution in [0.5, 0.6) is 5.75 Å². The topological polar surface area (TPSA) is 44.5 Å². The summed E-state index contributed by atoms with van der Waals surface area (Å²) >= 11 is 0. The number of methoxy groups -OCH3 is 1. The third kappa shape index (κ3) is 2.06. The molecule has 2 N–H and O–H groups in total. The van der Waals surface area contributed by atoms with Crippen molar-refractivity contribution in [2.45, 2.75) is 12.8 Å². The monoisotopic (exact) mass is 221 g/mol. The molecule has 0 spiro atoms. The van der Waals surface area contributed by atoms with E-state index in [9.17, 15) is 0 Å². The molecule has 1 unspecified atom stereocenters. The largest absolute Gasteiger partial charge is 0.496 e. The lowest BCUT2D eigenvalue weighted by atomic mass is 9.84. The van der Waals surface area contributed by atoms with Gasteiger partial charge in [0.05, 0.1) is 20.3 Å². The van der Waals surface area contributed by atoms with Crippen molar-refractivity contribution in [1.29, 1.82) is 0 Å². The van der Waals surface area contributed by atoms with Crippen LogP contribution in [0.2, 0.25) is 0 Å². The highest BCUT2D eigenvalue weighted by Gasteiger charge is 2.30. The van der Waals surface area contributed by atoms with Crippen molar-refractivity contribution in [2.24, 2.45) is 11.7 Å². The van der Waals surface area contributed by atoms with Crippen molar-refractivity contribution in [2.75, 3.05) is 26.9 Å². The van der Waals surface area contributed by atoms with Gasteiger partial charge in [-0.25, -0.2) is 0 Å². The van der Waals surface area contributed by atoms with Gasteiger partial charge in [0.25, 0.3) is 0 Å². The van der Waals surface area contributed by atoms with Gasteiger partial charge < -0.3 is 15.2 Å². The summed E-state index contributed by atoms with van der Waals surface area (Å²) < 4.78 is 10.7. The lowest BCUT2D eigenvalue weighted by Crippen LogP contribution is -2.36. The van der Waals surface area contributed by atoms with E-state index in [-0.39, 0.29) is 0 Å². The van der Waals surface area contributed by atoms with Gasteiger partial charge in [0.2, 0.25) is 0 Å². The zero-order valence-corrected chi connectivity index (χ0v) is 9.90. The van der Waals surface area contributed by atoms with Crippen molar-refractivity contribution in [3.63, 3.8) is 0 Å². The standard InChI is InChI=1S/C13H19NO2/c1-9-3-4-13(15-2)11(5-9)12(6-14)10-7-16-8-10/h3-5,10,12H,6-8,14H2,1-2H3. The van der Waals surface area contributed by atoms with Crippen LogP contribution >= 0.6 is 0 Å². The second kappa shape index (κ2) is 4.85. The minimum absolute atomic E-state index is 0.351. The van der Waals surface area contributed by atoms with Crippen LogP contribution in [0.25, 0.3) is 0 Å². The minimum Gasteiger partial charge on any atom is -0.496 e. The SMILES string of the molecule is COc1ccc(C)cc1C(CN)C1COC1. The predicted molar refractivity (Wildman–Crippen MR) is 63.8 cm³/mol. The first-order chi connectivity index (χ1) is 7.76. The van der Waals surface area contributed by atoms with Gasteiger partial charge >= 0.3 is 0 Å². The molecule has 1 atom stereocenters. The summed E-state index contributed by atoms with van der Waals surface area (Å²) in [5.74, 6) is 1.83. The first-order valence-electron chi connectivity index (χ1n) is 5.68. The maximum atomic E-state index is 5.88. The highest BCUT2D eigenvalue weighted by atomic mass is 16.5. The van der Waals surface area contributed by atoms with Gasteiger partial charge in [-0.2, -0.15) is 0 Å². The number of aryl methyl sites for hydroxylation is 1. The summed E-state index contributed by atoms with van der Waals surface area (Å²) in [4.78, 5) is 0. The first kappa shape index (κ1) is 11.4. The van der Waals surface area contributed by atoms with E-state index in [0.29, 0.717) is 18.4 Å². The Balaban J connectivity index is 2.31. The van der Waals surface area contributed by atoms with Crippen LogP contribution in [0.15, 0.2) is 18.2 Å². The molecule has 88 valence electrons. The van der Waals surface area contributed by atoms with Gasteiger partial charge in [0.15, 0.2) is 0 Å². The van der Waals surface area contributed by atoms with Crippen LogP contribution in [0.3, 0.4) is 0 Å². The van der Waals surface area contributed by atoms with Crippen molar-refractivity contribution >= 4 is 0 Å². The predicted octanol–water partition coefficient (Wildman–Crippen LogP) is 1.69. The van der Waals surface area contributed by atoms with Crippen molar-refractivity contribution in [3.05, 3.63) is 29.3 Å². The summed E-state index contributed by atoms with van der Waals surface area (Å²) in [5.41, 5.74) is 8.34. The molecular weight excluding hydrogens is 202 g/mol. The number of hydrogen-bond acceptors (Lipinski definition) is 3. The van der Waals surface area contributed by atoms with Crippen LogP contribution in [0.1, 0.15) is 17.0 Å². The molecule has 0 bridgehead atoms. The normalized spacial score (nSPS) is 17.9. The Bertz CT molecular complexity index is 361. The molecule has 0 saturated carbocycles. The van der Waals surface area contributed by atoms with Crippen molar-refractivity contribution < 1.29 is 9.47 Å². The zero-order valence-electron chi connectivity index (χ0n) is 9.90. The van der Waals surface area contributed by atoms with E-state index in [2.05, 4.69) is 19.1 Å². The molecule has 1 aromatic rings. The molecule has 0 aromatic heterocycles. The second-order valence-corrected chi connectivity index (χ2v) is 4.39. The third-order valence-corrected chi connectivity index (χ3v) is 3.27. The van der Waals surface area contributed by atoms with E-state index in [1.807, 2.05) is 6.07 Å². The number of hydrogen-bond donors (Lipinski definition) is 1. The number of benzene rings is 1. The van der Waals surface area contributed by atoms with E-state index in [0.717, 1.165) is 19.0 Å². The molecule has 2 rings (SSSR count). The van der Waals surface area contributed by atoms with Crippen molar-refractivity contribution in [1.82, 2.24) is 0 Å². The molecule has 1 fully saturated rings. The Morgan fingerprint density at radius 2 is 2.25 bits per heavy atom. The molecule has 1 aromatic carbocycles. The van der Waals surface area contributed by atoms with E-state index in [1.165, 1.54) is 11.1 Å². The van der Waals surface area contributed by atoms with Gasteiger partial charge in [-0.15, -0.1) is 0 Å². The lowest BCUT2D eigenvalue weighted by molar-refractivity contribution is -0.0439. The van der Waals surface area contributed by atoms with Gasteiger partial charge in [0.1, 0.15) is 5.75 Å². The van der Waals surface area contributed by atoms with E-state index >= 15 is 0 Å². The summed E-state index contributed by atoms with van der Waals surface area (Å²) in [6.45, 7) is 4.37. The Kier molecular flexibility index (Phi) is 3.46. The Morgan fingerprint density at radius 1 is 1.50 bits per heavy atom. The fourth-order valence-electron chi connectivity index (χ4n) is 2.20. The van der Waals surface area contributed by atoms with E-state index < -0.39 is 0 Å². The molecule has 1 aliphatic rings. The Labute approximate surface area is 96.5 Å². The highest BCUT2D eigenvalue weighted by molar-refractivity contribution is 5.40. The second-order valence-electron chi connectivity index (χ2n) is 4.39. The summed E-state index contributed by atoms with van der Waals surface area (Å²) in [6, 6.07) is 6.26. The quantitative estimate of drug-likeness (QED) is 0.841. The van der Waals surface area contributed by atoms with Crippen LogP contribution < -0.4 is 10.5 Å². The van der Waals surface area contributed by atoms with Crippen LogP contribution in [-0.2, 0) is 4.74 Å². The molecule has 1 saturated heterocycles. The van der Waals surface area contributed by atoms with Gasteiger partial charge in [0, 0.05) is 11.8 Å². The fourth-order valence-corrected chi connectivity index (χ4v) is 2.20. The van der Waals surface area contributed by atoms with Gasteiger partial charge in [-0.1, -0.05) is 17.7 Å². The average molecular weight is 221 g/mol. The molecule has 0 aliphatic carbocycles. The third-order valence-electron chi connectivity index (χ3n) is 3.27. The molecule has 1 heterocycles. The van der Waals surface area contributed by atoms with Crippen LogP contribution in [-0.4, -0.2) is 26.9 Å². The Morgan fingerprint density at radius 3 is 2.75 bits per heavy atom. The molecule has 16 heavy (non-hydrogen) atoms. The summed E-state index contributed by atoms with van der Waals surface area (Å²) in [6.07, 6.45) is 0. The minimum atomic E-state index is 0.351. The van der Waals surface area contributed by atoms with Crippen LogP contribution in [0.4, 0.5) is 0 Å². The average Bonchev–Trinajstić information content (AvgIpc) is 2.23. The molecule has 3 nitrogen and oxygen atoms in total. The maximum absolute atomic E-state index is 5.88. The summed E-state index contributed by atoms with van der Waals surface area (Å²) in [7, 11) is 1.71. The van der Waals surface area contributed by atoms with E-state index in [4.69, 9.17) is 15.2 Å². The molecule has 0 amide bonds. The fraction of sp³-hybridized carbons (Fsp3) is 0.538. The van der Waals surface area contributed by atoms with Crippen LogP contribution in [0, 0.1) is 12.8 Å². The van der Waals surface area contributed by atoms with Gasteiger partial charge in [-0.3, -0.25) is 0 Å². The zero-order chi connectivity index (χ0) is 11.5. The lowest BCUT2D eigenvalue weighted by Gasteiger charge is -2.34. The Hall–Kier alpha value is -1.06. The van der Waals surface area contributed by atoms with E-state index in [1.54, 1.807) is 7.11 Å². The summed E-state index contributed by atoms with van der Waals surface area (Å²) in [5, 5.41) is 0. The number of ether oxygens (including phenoxy) is 2. The molecule has 3 heteroatoms. The molecule has 0 radical (unpaired) electrons. The first-order valence-corrected chi connectivity index (χ1v) is 5.68. The van der Waals surface area contributed by atoms with Crippen molar-refractivity contribution in [3.8, 4) is 5.75 Å². The van der Waals surface area contributed by atoms with Gasteiger partial charge in [-0.05, 0) is 25.1 Å². The number of rotatable bonds is 4.